The molecule has 0 spiro atoms. The Morgan fingerprint density at radius 2 is 2.04 bits per heavy atom. The third-order valence-corrected chi connectivity index (χ3v) is 5.19. The molecule has 142 valence electrons. The van der Waals surface area contributed by atoms with Gasteiger partial charge in [0.25, 0.3) is 5.91 Å². The zero-order valence-electron chi connectivity index (χ0n) is 15.1. The first-order valence-corrected chi connectivity index (χ1v) is 9.43. The summed E-state index contributed by atoms with van der Waals surface area (Å²) in [4.78, 5) is 20.7. The van der Waals surface area contributed by atoms with E-state index in [1.54, 1.807) is 30.5 Å². The molecule has 1 unspecified atom stereocenters. The first-order valence-electron chi connectivity index (χ1n) is 8.49. The summed E-state index contributed by atoms with van der Waals surface area (Å²) < 4.78 is 5.20. The van der Waals surface area contributed by atoms with E-state index < -0.39 is 0 Å². The monoisotopic (exact) mass is 488 g/mol. The largest absolute Gasteiger partial charge is 0.459 e. The van der Waals surface area contributed by atoms with Gasteiger partial charge in [0, 0.05) is 39.8 Å². The van der Waals surface area contributed by atoms with Crippen LogP contribution < -0.4 is 5.32 Å². The number of thiophene rings is 1. The lowest BCUT2D eigenvalue weighted by molar-refractivity contribution is 0.0657. The summed E-state index contributed by atoms with van der Waals surface area (Å²) in [6.45, 7) is 5.91. The van der Waals surface area contributed by atoms with Gasteiger partial charge in [-0.25, -0.2) is 0 Å². The summed E-state index contributed by atoms with van der Waals surface area (Å²) in [6.07, 6.45) is 1.53. The molecule has 1 amide bonds. The van der Waals surface area contributed by atoms with Crippen molar-refractivity contribution in [2.75, 3.05) is 39.8 Å². The summed E-state index contributed by atoms with van der Waals surface area (Å²) in [6, 6.07) is 5.61. The van der Waals surface area contributed by atoms with E-state index in [0.29, 0.717) is 24.8 Å². The Morgan fingerprint density at radius 3 is 2.62 bits per heavy atom. The van der Waals surface area contributed by atoms with Crippen LogP contribution in [-0.2, 0) is 0 Å². The number of amides is 1. The highest BCUT2D eigenvalue weighted by atomic mass is 127. The van der Waals surface area contributed by atoms with Crippen molar-refractivity contribution in [3.63, 3.8) is 0 Å². The van der Waals surface area contributed by atoms with Crippen molar-refractivity contribution >= 4 is 47.2 Å². The number of furan rings is 1. The quantitative estimate of drug-likeness (QED) is 0.408. The minimum Gasteiger partial charge on any atom is -0.459 e. The van der Waals surface area contributed by atoms with Crippen LogP contribution in [0.5, 0.6) is 0 Å². The number of aliphatic imine (C=N–C) groups is 1. The van der Waals surface area contributed by atoms with Crippen molar-refractivity contribution in [3.8, 4) is 0 Å². The molecule has 8 heteroatoms. The molecule has 2 aromatic heterocycles. The van der Waals surface area contributed by atoms with Crippen LogP contribution in [0.25, 0.3) is 0 Å². The minimum atomic E-state index is -0.0429. The van der Waals surface area contributed by atoms with Crippen molar-refractivity contribution in [1.82, 2.24) is 15.1 Å². The number of guanidine groups is 1. The lowest BCUT2D eigenvalue weighted by Crippen LogP contribution is -2.54. The normalized spacial score (nSPS) is 16.2. The minimum absolute atomic E-state index is 0. The van der Waals surface area contributed by atoms with Crippen molar-refractivity contribution in [2.24, 2.45) is 4.99 Å². The molecule has 1 aliphatic rings. The van der Waals surface area contributed by atoms with Crippen molar-refractivity contribution < 1.29 is 9.21 Å². The highest BCUT2D eigenvalue weighted by Crippen LogP contribution is 2.17. The van der Waals surface area contributed by atoms with E-state index in [-0.39, 0.29) is 29.9 Å². The molecule has 1 saturated heterocycles. The molecule has 0 aromatic carbocycles. The number of nitrogens with zero attached hydrogens (tertiary/aromatic N) is 3. The second kappa shape index (κ2) is 9.96. The third-order valence-electron chi connectivity index (χ3n) is 4.49. The summed E-state index contributed by atoms with van der Waals surface area (Å²) >= 11 is 1.72. The molecule has 0 radical (unpaired) electrons. The molecule has 1 aliphatic heterocycles. The molecule has 1 fully saturated rings. The zero-order chi connectivity index (χ0) is 17.6. The average molecular weight is 488 g/mol. The lowest BCUT2D eigenvalue weighted by Gasteiger charge is -2.36. The second-order valence-corrected chi connectivity index (χ2v) is 6.92. The average Bonchev–Trinajstić information content (AvgIpc) is 3.35. The van der Waals surface area contributed by atoms with E-state index in [0.717, 1.165) is 25.6 Å². The van der Waals surface area contributed by atoms with E-state index in [9.17, 15) is 4.79 Å². The molecule has 1 atom stereocenters. The highest BCUT2D eigenvalue weighted by molar-refractivity contribution is 14.0. The number of piperazine rings is 1. The Kier molecular flexibility index (Phi) is 7.95. The van der Waals surface area contributed by atoms with Crippen LogP contribution in [0.2, 0.25) is 0 Å². The molecular weight excluding hydrogens is 463 g/mol. The van der Waals surface area contributed by atoms with Gasteiger partial charge in [-0.3, -0.25) is 9.79 Å². The molecule has 3 rings (SSSR count). The van der Waals surface area contributed by atoms with E-state index in [4.69, 9.17) is 4.42 Å². The smallest absolute Gasteiger partial charge is 0.289 e. The fraction of sp³-hybridized carbons (Fsp3) is 0.444. The molecule has 1 N–H and O–H groups in total. The van der Waals surface area contributed by atoms with Crippen LogP contribution in [0.15, 0.2) is 44.6 Å². The van der Waals surface area contributed by atoms with Crippen LogP contribution in [-0.4, -0.2) is 61.4 Å². The number of carbonyl (C=O) groups excluding carboxylic acids is 1. The number of halogens is 1. The summed E-state index contributed by atoms with van der Waals surface area (Å²) in [5.74, 6) is 1.69. The van der Waals surface area contributed by atoms with Gasteiger partial charge in [-0.15, -0.1) is 24.0 Å². The molecular formula is C18H25IN4O2S. The number of nitrogens with one attached hydrogen (secondary N) is 1. The maximum atomic E-state index is 12.3. The van der Waals surface area contributed by atoms with Crippen LogP contribution >= 0.6 is 35.3 Å². The topological polar surface area (TPSA) is 61.1 Å². The van der Waals surface area contributed by atoms with Crippen LogP contribution in [0, 0.1) is 0 Å². The van der Waals surface area contributed by atoms with Gasteiger partial charge in [0.2, 0.25) is 0 Å². The van der Waals surface area contributed by atoms with Crippen molar-refractivity contribution in [1.29, 1.82) is 0 Å². The Hall–Kier alpha value is -1.55. The predicted molar refractivity (Wildman–Crippen MR) is 116 cm³/mol. The SMILES string of the molecule is CN=C(NCC(C)c1ccsc1)N1CCN(C(=O)c2ccco2)CC1.I. The number of rotatable bonds is 4. The first kappa shape index (κ1) is 20.8. The van der Waals surface area contributed by atoms with Crippen LogP contribution in [0.3, 0.4) is 0 Å². The van der Waals surface area contributed by atoms with Gasteiger partial charge in [0.15, 0.2) is 11.7 Å². The molecule has 0 aliphatic carbocycles. The molecule has 3 heterocycles. The van der Waals surface area contributed by atoms with E-state index in [2.05, 4.69) is 39.0 Å². The van der Waals surface area contributed by atoms with E-state index >= 15 is 0 Å². The Morgan fingerprint density at radius 1 is 1.31 bits per heavy atom. The van der Waals surface area contributed by atoms with Gasteiger partial charge in [0.05, 0.1) is 6.26 Å². The molecule has 26 heavy (non-hydrogen) atoms. The molecule has 6 nitrogen and oxygen atoms in total. The lowest BCUT2D eigenvalue weighted by atomic mass is 10.1. The molecule has 2 aromatic rings. The van der Waals surface area contributed by atoms with Crippen LogP contribution in [0.4, 0.5) is 0 Å². The predicted octanol–water partition coefficient (Wildman–Crippen LogP) is 3.10. The van der Waals surface area contributed by atoms with Gasteiger partial charge < -0.3 is 19.5 Å². The zero-order valence-corrected chi connectivity index (χ0v) is 18.2. The maximum absolute atomic E-state index is 12.3. The fourth-order valence-corrected chi connectivity index (χ4v) is 3.71. The van der Waals surface area contributed by atoms with Crippen molar-refractivity contribution in [2.45, 2.75) is 12.8 Å². The highest BCUT2D eigenvalue weighted by Gasteiger charge is 2.25. The summed E-state index contributed by atoms with van der Waals surface area (Å²) in [5.41, 5.74) is 1.35. The van der Waals surface area contributed by atoms with E-state index in [1.807, 2.05) is 4.90 Å². The Labute approximate surface area is 175 Å². The van der Waals surface area contributed by atoms with Gasteiger partial charge in [-0.05, 0) is 40.4 Å². The summed E-state index contributed by atoms with van der Waals surface area (Å²) in [7, 11) is 1.80. The summed E-state index contributed by atoms with van der Waals surface area (Å²) in [5, 5.41) is 7.75. The van der Waals surface area contributed by atoms with Gasteiger partial charge >= 0.3 is 0 Å². The van der Waals surface area contributed by atoms with Crippen molar-refractivity contribution in [3.05, 3.63) is 46.5 Å². The molecule has 0 bridgehead atoms. The Balaban J connectivity index is 0.00000243. The molecule has 0 saturated carbocycles. The maximum Gasteiger partial charge on any atom is 0.289 e. The standard InChI is InChI=1S/C18H24N4O2S.HI/c1-14(15-5-11-25-13-15)12-20-18(19-2)22-8-6-21(7-9-22)17(23)16-4-3-10-24-16;/h3-5,10-11,13-14H,6-9,12H2,1-2H3,(H,19,20);1H. The third kappa shape index (κ3) is 5.00. The Bertz CT molecular complexity index is 695. The van der Waals surface area contributed by atoms with Crippen LogP contribution in [0.1, 0.15) is 29.0 Å². The number of hydrogen-bond acceptors (Lipinski definition) is 4. The second-order valence-electron chi connectivity index (χ2n) is 6.14. The van der Waals surface area contributed by atoms with Gasteiger partial charge in [0.1, 0.15) is 0 Å². The van der Waals surface area contributed by atoms with Gasteiger partial charge in [-0.1, -0.05) is 6.92 Å². The van der Waals surface area contributed by atoms with E-state index in [1.165, 1.54) is 11.8 Å². The van der Waals surface area contributed by atoms with Gasteiger partial charge in [-0.2, -0.15) is 11.3 Å². The first-order chi connectivity index (χ1) is 12.2. The number of hydrogen-bond donors (Lipinski definition) is 1. The fourth-order valence-electron chi connectivity index (χ4n) is 2.93. The number of carbonyl (C=O) groups is 1.